The summed E-state index contributed by atoms with van der Waals surface area (Å²) in [6, 6.07) is 15.1. The number of para-hydroxylation sites is 1. The summed E-state index contributed by atoms with van der Waals surface area (Å²) < 4.78 is 5.73. The summed E-state index contributed by atoms with van der Waals surface area (Å²) in [6.45, 7) is 6.44. The van der Waals surface area contributed by atoms with E-state index in [-0.39, 0.29) is 12.0 Å². The van der Waals surface area contributed by atoms with Crippen LogP contribution in [0.4, 0.5) is 5.69 Å². The van der Waals surface area contributed by atoms with Gasteiger partial charge < -0.3 is 4.74 Å². The first kappa shape index (κ1) is 19.5. The number of carbonyl (C=O) groups excluding carboxylic acids is 1. The Labute approximate surface area is 168 Å². The molecule has 1 amide bonds. The number of hydrogen-bond acceptors (Lipinski definition) is 4. The standard InChI is InChI=1S/C21H21ClN2O2S/c1-4-24-20(25)19(13-15-8-7-9-16(12-15)26-14(2)3)27-21(24)23-18-11-6-5-10-17(18)22/h5-14H,4H2,1-3H3/b19-13+,23-21?. The highest BCUT2D eigenvalue weighted by Gasteiger charge is 2.32. The number of likely N-dealkylation sites (N-methyl/N-ethyl adjacent to an activating group) is 1. The zero-order valence-electron chi connectivity index (χ0n) is 15.5. The maximum atomic E-state index is 12.8. The van der Waals surface area contributed by atoms with E-state index in [1.54, 1.807) is 11.0 Å². The minimum Gasteiger partial charge on any atom is -0.491 e. The first-order chi connectivity index (χ1) is 13.0. The predicted octanol–water partition coefficient (Wildman–Crippen LogP) is 5.75. The number of benzene rings is 2. The first-order valence-corrected chi connectivity index (χ1v) is 9.98. The van der Waals surface area contributed by atoms with Crippen molar-refractivity contribution >= 4 is 46.2 Å². The lowest BCUT2D eigenvalue weighted by Gasteiger charge is -2.12. The fourth-order valence-electron chi connectivity index (χ4n) is 2.62. The summed E-state index contributed by atoms with van der Waals surface area (Å²) in [5.74, 6) is 0.732. The quantitative estimate of drug-likeness (QED) is 0.600. The third-order valence-electron chi connectivity index (χ3n) is 3.80. The number of thioether (sulfide) groups is 1. The Morgan fingerprint density at radius 3 is 2.70 bits per heavy atom. The smallest absolute Gasteiger partial charge is 0.266 e. The minimum atomic E-state index is -0.0523. The molecule has 2 aromatic carbocycles. The van der Waals surface area contributed by atoms with E-state index in [1.165, 1.54) is 11.8 Å². The lowest BCUT2D eigenvalue weighted by molar-refractivity contribution is -0.122. The molecule has 1 aliphatic rings. The Kier molecular flexibility index (Phi) is 6.24. The third-order valence-corrected chi connectivity index (χ3v) is 5.13. The largest absolute Gasteiger partial charge is 0.491 e. The van der Waals surface area contributed by atoms with E-state index in [0.29, 0.717) is 27.3 Å². The molecular formula is C21H21ClN2O2S. The van der Waals surface area contributed by atoms with Gasteiger partial charge in [0.25, 0.3) is 5.91 Å². The zero-order valence-corrected chi connectivity index (χ0v) is 17.1. The summed E-state index contributed by atoms with van der Waals surface area (Å²) in [6.07, 6.45) is 1.97. The Morgan fingerprint density at radius 2 is 2.00 bits per heavy atom. The van der Waals surface area contributed by atoms with Crippen LogP contribution in [-0.2, 0) is 4.79 Å². The molecule has 2 aromatic rings. The van der Waals surface area contributed by atoms with Crippen LogP contribution in [0.5, 0.6) is 5.75 Å². The zero-order chi connectivity index (χ0) is 19.4. The van der Waals surface area contributed by atoms with E-state index in [0.717, 1.165) is 11.3 Å². The lowest BCUT2D eigenvalue weighted by atomic mass is 10.2. The van der Waals surface area contributed by atoms with Crippen LogP contribution in [-0.4, -0.2) is 28.6 Å². The summed E-state index contributed by atoms with van der Waals surface area (Å²) in [5.41, 5.74) is 1.57. The number of aliphatic imine (C=N–C) groups is 1. The second-order valence-corrected chi connectivity index (χ2v) is 7.66. The highest BCUT2D eigenvalue weighted by Crippen LogP contribution is 2.35. The molecule has 0 aromatic heterocycles. The summed E-state index contributed by atoms with van der Waals surface area (Å²) in [4.78, 5) is 19.7. The molecule has 0 atom stereocenters. The van der Waals surface area contributed by atoms with Crippen LogP contribution in [0, 0.1) is 0 Å². The number of rotatable bonds is 5. The molecule has 0 spiro atoms. The molecule has 6 heteroatoms. The second kappa shape index (κ2) is 8.63. The van der Waals surface area contributed by atoms with Crippen molar-refractivity contribution in [3.05, 3.63) is 64.0 Å². The van der Waals surface area contributed by atoms with E-state index in [4.69, 9.17) is 16.3 Å². The fraction of sp³-hybridized carbons (Fsp3) is 0.238. The Morgan fingerprint density at radius 1 is 1.22 bits per heavy atom. The first-order valence-electron chi connectivity index (χ1n) is 8.79. The molecule has 0 aliphatic carbocycles. The number of halogens is 1. The third kappa shape index (κ3) is 4.73. The summed E-state index contributed by atoms with van der Waals surface area (Å²) in [5, 5.41) is 1.20. The van der Waals surface area contributed by atoms with E-state index in [9.17, 15) is 4.79 Å². The summed E-state index contributed by atoms with van der Waals surface area (Å²) in [7, 11) is 0. The topological polar surface area (TPSA) is 41.9 Å². The van der Waals surface area contributed by atoms with Gasteiger partial charge in [0.15, 0.2) is 5.17 Å². The van der Waals surface area contributed by atoms with Crippen molar-refractivity contribution < 1.29 is 9.53 Å². The monoisotopic (exact) mass is 400 g/mol. The number of amidine groups is 1. The van der Waals surface area contributed by atoms with Gasteiger partial charge in [-0.3, -0.25) is 9.69 Å². The van der Waals surface area contributed by atoms with Gasteiger partial charge in [0.05, 0.1) is 21.7 Å². The van der Waals surface area contributed by atoms with Crippen LogP contribution in [0.3, 0.4) is 0 Å². The van der Waals surface area contributed by atoms with Gasteiger partial charge in [0, 0.05) is 6.54 Å². The van der Waals surface area contributed by atoms with Gasteiger partial charge in [0.2, 0.25) is 0 Å². The molecule has 0 radical (unpaired) electrons. The fourth-order valence-corrected chi connectivity index (χ4v) is 3.85. The van der Waals surface area contributed by atoms with Crippen LogP contribution in [0.2, 0.25) is 5.02 Å². The molecule has 1 aliphatic heterocycles. The van der Waals surface area contributed by atoms with Crippen LogP contribution in [0.25, 0.3) is 6.08 Å². The molecule has 0 saturated carbocycles. The van der Waals surface area contributed by atoms with E-state index < -0.39 is 0 Å². The van der Waals surface area contributed by atoms with Crippen LogP contribution < -0.4 is 4.74 Å². The number of ether oxygens (including phenoxy) is 1. The number of carbonyl (C=O) groups is 1. The minimum absolute atomic E-state index is 0.0523. The van der Waals surface area contributed by atoms with Gasteiger partial charge in [-0.2, -0.15) is 0 Å². The van der Waals surface area contributed by atoms with Gasteiger partial charge >= 0.3 is 0 Å². The second-order valence-electron chi connectivity index (χ2n) is 6.24. The Bertz CT molecular complexity index is 909. The SMILES string of the molecule is CCN1C(=O)/C(=C\c2cccc(OC(C)C)c2)SC1=Nc1ccccc1Cl. The summed E-state index contributed by atoms with van der Waals surface area (Å²) >= 11 is 7.56. The Hall–Kier alpha value is -2.24. The molecule has 0 N–H and O–H groups in total. The Balaban J connectivity index is 1.90. The maximum Gasteiger partial charge on any atom is 0.266 e. The van der Waals surface area contributed by atoms with E-state index >= 15 is 0 Å². The van der Waals surface area contributed by atoms with Gasteiger partial charge in [-0.05, 0) is 68.4 Å². The normalized spacial score (nSPS) is 17.4. The van der Waals surface area contributed by atoms with Crippen LogP contribution in [0.1, 0.15) is 26.3 Å². The van der Waals surface area contributed by atoms with E-state index in [1.807, 2.05) is 69.3 Å². The van der Waals surface area contributed by atoms with Crippen molar-refractivity contribution in [2.75, 3.05) is 6.54 Å². The van der Waals surface area contributed by atoms with Crippen molar-refractivity contribution in [2.24, 2.45) is 4.99 Å². The van der Waals surface area contributed by atoms with Crippen molar-refractivity contribution in [3.63, 3.8) is 0 Å². The van der Waals surface area contributed by atoms with Crippen molar-refractivity contribution in [2.45, 2.75) is 26.9 Å². The molecule has 1 fully saturated rings. The van der Waals surface area contributed by atoms with Crippen molar-refractivity contribution in [1.82, 2.24) is 4.90 Å². The number of nitrogens with zero attached hydrogens (tertiary/aromatic N) is 2. The van der Waals surface area contributed by atoms with Crippen LogP contribution >= 0.6 is 23.4 Å². The molecule has 140 valence electrons. The maximum absolute atomic E-state index is 12.8. The molecule has 3 rings (SSSR count). The van der Waals surface area contributed by atoms with Crippen molar-refractivity contribution in [1.29, 1.82) is 0 Å². The van der Waals surface area contributed by atoms with Gasteiger partial charge in [0.1, 0.15) is 5.75 Å². The number of amides is 1. The molecular weight excluding hydrogens is 380 g/mol. The highest BCUT2D eigenvalue weighted by molar-refractivity contribution is 8.18. The molecule has 1 heterocycles. The van der Waals surface area contributed by atoms with E-state index in [2.05, 4.69) is 4.99 Å². The average Bonchev–Trinajstić information content (AvgIpc) is 2.91. The molecule has 4 nitrogen and oxygen atoms in total. The van der Waals surface area contributed by atoms with Gasteiger partial charge in [-0.15, -0.1) is 0 Å². The lowest BCUT2D eigenvalue weighted by Crippen LogP contribution is -2.28. The van der Waals surface area contributed by atoms with Gasteiger partial charge in [-0.25, -0.2) is 4.99 Å². The van der Waals surface area contributed by atoms with Crippen molar-refractivity contribution in [3.8, 4) is 5.75 Å². The predicted molar refractivity (Wildman–Crippen MR) is 114 cm³/mol. The van der Waals surface area contributed by atoms with Gasteiger partial charge in [-0.1, -0.05) is 35.9 Å². The molecule has 0 unspecified atom stereocenters. The number of hydrogen-bond donors (Lipinski definition) is 0. The molecule has 1 saturated heterocycles. The molecule has 27 heavy (non-hydrogen) atoms. The average molecular weight is 401 g/mol. The van der Waals surface area contributed by atoms with Crippen LogP contribution in [0.15, 0.2) is 58.4 Å². The molecule has 0 bridgehead atoms. The highest BCUT2D eigenvalue weighted by atomic mass is 35.5.